The van der Waals surface area contributed by atoms with Gasteiger partial charge in [0.15, 0.2) is 11.5 Å². The van der Waals surface area contributed by atoms with Crippen LogP contribution in [0.15, 0.2) is 35.6 Å². The second-order valence-corrected chi connectivity index (χ2v) is 7.10. The van der Waals surface area contributed by atoms with Gasteiger partial charge in [0.1, 0.15) is 5.75 Å². The number of nitrogens with zero attached hydrogens (tertiary/aromatic N) is 1. The molecule has 5 heteroatoms. The third-order valence-electron chi connectivity index (χ3n) is 5.19. The number of Topliss-reactive ketones (excluding diaryl/α,β-unsaturated/α-hetero) is 1. The Morgan fingerprint density at radius 3 is 2.41 bits per heavy atom. The number of rotatable bonds is 10. The van der Waals surface area contributed by atoms with Crippen LogP contribution in [-0.4, -0.2) is 34.8 Å². The van der Waals surface area contributed by atoms with E-state index in [4.69, 9.17) is 4.74 Å². The summed E-state index contributed by atoms with van der Waals surface area (Å²) >= 11 is 0. The van der Waals surface area contributed by atoms with Gasteiger partial charge in [0.25, 0.3) is 5.91 Å². The van der Waals surface area contributed by atoms with Gasteiger partial charge in [-0.25, -0.2) is 0 Å². The normalized spacial score (nSPS) is 18.1. The lowest BCUT2D eigenvalue weighted by Gasteiger charge is -2.30. The molecule has 0 unspecified atom stereocenters. The zero-order chi connectivity index (χ0) is 20.0. The summed E-state index contributed by atoms with van der Waals surface area (Å²) in [5.41, 5.74) is 1.00. The highest BCUT2D eigenvalue weighted by atomic mass is 16.5. The molecule has 1 aliphatic rings. The standard InChI is InChI=1S/C22H31NO4/c1-5-8-9-16(6-2)14-23-20(19(15(4)24)21(25)22(23)26)17-10-12-18(13-11-17)27-7-3/h10-13,16,20,25H,5-9,14H2,1-4H3/t16-,20+/m1/s1. The molecule has 1 aromatic carbocycles. The first kappa shape index (κ1) is 21.0. The summed E-state index contributed by atoms with van der Waals surface area (Å²) in [5.74, 6) is -0.0492. The van der Waals surface area contributed by atoms with Gasteiger partial charge in [-0.05, 0) is 43.9 Å². The molecule has 1 aromatic rings. The number of amides is 1. The Morgan fingerprint density at radius 2 is 1.89 bits per heavy atom. The first-order valence-corrected chi connectivity index (χ1v) is 9.92. The number of benzene rings is 1. The summed E-state index contributed by atoms with van der Waals surface area (Å²) in [7, 11) is 0. The Morgan fingerprint density at radius 1 is 1.22 bits per heavy atom. The monoisotopic (exact) mass is 373 g/mol. The molecule has 27 heavy (non-hydrogen) atoms. The Balaban J connectivity index is 2.36. The van der Waals surface area contributed by atoms with E-state index in [0.717, 1.165) is 37.0 Å². The van der Waals surface area contributed by atoms with Crippen molar-refractivity contribution in [3.05, 3.63) is 41.2 Å². The van der Waals surface area contributed by atoms with Crippen molar-refractivity contribution in [1.82, 2.24) is 4.90 Å². The summed E-state index contributed by atoms with van der Waals surface area (Å²) in [4.78, 5) is 26.6. The molecule has 0 saturated heterocycles. The minimum Gasteiger partial charge on any atom is -0.503 e. The molecular formula is C22H31NO4. The highest BCUT2D eigenvalue weighted by Gasteiger charge is 2.42. The third-order valence-corrected chi connectivity index (χ3v) is 5.19. The van der Waals surface area contributed by atoms with Gasteiger partial charge in [-0.2, -0.15) is 0 Å². The molecule has 0 aliphatic carbocycles. The Kier molecular flexibility index (Phi) is 7.45. The topological polar surface area (TPSA) is 66.8 Å². The average Bonchev–Trinajstić information content (AvgIpc) is 2.90. The molecule has 0 saturated carbocycles. The van der Waals surface area contributed by atoms with Crippen LogP contribution >= 0.6 is 0 Å². The van der Waals surface area contributed by atoms with E-state index in [1.807, 2.05) is 31.2 Å². The van der Waals surface area contributed by atoms with Crippen LogP contribution in [0.1, 0.15) is 65.0 Å². The minimum absolute atomic E-state index is 0.189. The van der Waals surface area contributed by atoms with E-state index in [1.54, 1.807) is 4.90 Å². The van der Waals surface area contributed by atoms with Gasteiger partial charge in [0.2, 0.25) is 0 Å². The van der Waals surface area contributed by atoms with Crippen LogP contribution < -0.4 is 4.74 Å². The quantitative estimate of drug-likeness (QED) is 0.651. The Bertz CT molecular complexity index is 693. The number of aliphatic hydroxyl groups excluding tert-OH is 1. The van der Waals surface area contributed by atoms with Gasteiger partial charge in [0, 0.05) is 6.54 Å². The van der Waals surface area contributed by atoms with Crippen molar-refractivity contribution < 1.29 is 19.4 Å². The lowest BCUT2D eigenvalue weighted by molar-refractivity contribution is -0.130. The first-order chi connectivity index (χ1) is 12.9. The van der Waals surface area contributed by atoms with Crippen LogP contribution in [0.4, 0.5) is 0 Å². The molecule has 1 amide bonds. The number of hydrogen-bond acceptors (Lipinski definition) is 4. The van der Waals surface area contributed by atoms with Crippen molar-refractivity contribution in [3.8, 4) is 5.75 Å². The van der Waals surface area contributed by atoms with Gasteiger partial charge in [-0.3, -0.25) is 9.59 Å². The zero-order valence-electron chi connectivity index (χ0n) is 16.8. The van der Waals surface area contributed by atoms with Crippen molar-refractivity contribution >= 4 is 11.7 Å². The highest BCUT2D eigenvalue weighted by molar-refractivity contribution is 6.08. The average molecular weight is 373 g/mol. The molecule has 0 radical (unpaired) electrons. The molecule has 2 atom stereocenters. The van der Waals surface area contributed by atoms with Crippen LogP contribution in [0, 0.1) is 5.92 Å². The molecular weight excluding hydrogens is 342 g/mol. The molecule has 1 heterocycles. The fraction of sp³-hybridized carbons (Fsp3) is 0.545. The van der Waals surface area contributed by atoms with Crippen LogP contribution in [0.2, 0.25) is 0 Å². The lowest BCUT2D eigenvalue weighted by Crippen LogP contribution is -2.35. The van der Waals surface area contributed by atoms with Gasteiger partial charge in [-0.15, -0.1) is 0 Å². The predicted octanol–water partition coefficient (Wildman–Crippen LogP) is 4.59. The number of aliphatic hydroxyl groups is 1. The van der Waals surface area contributed by atoms with Crippen molar-refractivity contribution in [3.63, 3.8) is 0 Å². The van der Waals surface area contributed by atoms with Crippen LogP contribution in [0.3, 0.4) is 0 Å². The molecule has 0 fully saturated rings. The smallest absolute Gasteiger partial charge is 0.290 e. The highest BCUT2D eigenvalue weighted by Crippen LogP contribution is 2.39. The Labute approximate surface area is 162 Å². The van der Waals surface area contributed by atoms with Crippen LogP contribution in [-0.2, 0) is 9.59 Å². The van der Waals surface area contributed by atoms with Crippen LogP contribution in [0.25, 0.3) is 0 Å². The van der Waals surface area contributed by atoms with E-state index in [-0.39, 0.29) is 11.4 Å². The summed E-state index contributed by atoms with van der Waals surface area (Å²) in [6.45, 7) is 8.69. The lowest BCUT2D eigenvalue weighted by atomic mass is 9.94. The van der Waals surface area contributed by atoms with E-state index >= 15 is 0 Å². The molecule has 0 aromatic heterocycles. The maximum atomic E-state index is 12.7. The summed E-state index contributed by atoms with van der Waals surface area (Å²) in [6.07, 6.45) is 4.20. The van der Waals surface area contributed by atoms with Crippen molar-refractivity contribution in [2.75, 3.05) is 13.2 Å². The van der Waals surface area contributed by atoms with E-state index in [1.165, 1.54) is 6.92 Å². The van der Waals surface area contributed by atoms with Crippen LogP contribution in [0.5, 0.6) is 5.75 Å². The van der Waals surface area contributed by atoms with Gasteiger partial charge in [-0.1, -0.05) is 45.2 Å². The van der Waals surface area contributed by atoms with Gasteiger partial charge in [0.05, 0.1) is 18.2 Å². The minimum atomic E-state index is -0.540. The van der Waals surface area contributed by atoms with E-state index in [2.05, 4.69) is 13.8 Å². The summed E-state index contributed by atoms with van der Waals surface area (Å²) in [6, 6.07) is 6.86. The maximum Gasteiger partial charge on any atom is 0.290 e. The SMILES string of the molecule is CCCC[C@@H](CC)CN1C(=O)C(O)=C(C(C)=O)[C@@H]1c1ccc(OCC)cc1. The number of ether oxygens (including phenoxy) is 1. The first-order valence-electron chi connectivity index (χ1n) is 9.92. The molecule has 2 rings (SSSR count). The largest absolute Gasteiger partial charge is 0.503 e. The summed E-state index contributed by atoms with van der Waals surface area (Å²) < 4.78 is 5.48. The number of unbranched alkanes of at least 4 members (excludes halogenated alkanes) is 1. The second kappa shape index (κ2) is 9.58. The molecule has 5 nitrogen and oxygen atoms in total. The van der Waals surface area contributed by atoms with Crippen molar-refractivity contribution in [1.29, 1.82) is 0 Å². The van der Waals surface area contributed by atoms with E-state index < -0.39 is 17.7 Å². The molecule has 1 N–H and O–H groups in total. The molecule has 148 valence electrons. The summed E-state index contributed by atoms with van der Waals surface area (Å²) in [5, 5.41) is 10.4. The number of carbonyl (C=O) groups excluding carboxylic acids is 2. The van der Waals surface area contributed by atoms with Gasteiger partial charge < -0.3 is 14.7 Å². The molecule has 0 spiro atoms. The van der Waals surface area contributed by atoms with Crippen molar-refractivity contribution in [2.24, 2.45) is 5.92 Å². The van der Waals surface area contributed by atoms with Gasteiger partial charge >= 0.3 is 0 Å². The van der Waals surface area contributed by atoms with E-state index in [9.17, 15) is 14.7 Å². The molecule has 1 aliphatic heterocycles. The number of carbonyl (C=O) groups is 2. The number of hydrogen-bond donors (Lipinski definition) is 1. The maximum absolute atomic E-state index is 12.7. The third kappa shape index (κ3) is 4.71. The number of ketones is 1. The fourth-order valence-corrected chi connectivity index (χ4v) is 3.66. The predicted molar refractivity (Wildman–Crippen MR) is 106 cm³/mol. The molecule has 0 bridgehead atoms. The second-order valence-electron chi connectivity index (χ2n) is 7.10. The van der Waals surface area contributed by atoms with Crippen molar-refractivity contribution in [2.45, 2.75) is 59.4 Å². The zero-order valence-corrected chi connectivity index (χ0v) is 16.8. The van der Waals surface area contributed by atoms with E-state index in [0.29, 0.717) is 19.1 Å². The fourth-order valence-electron chi connectivity index (χ4n) is 3.66. The Hall–Kier alpha value is -2.30.